The molecule has 22 heavy (non-hydrogen) atoms. The van der Waals surface area contributed by atoms with E-state index in [1.807, 2.05) is 42.7 Å². The molecule has 1 amide bonds. The molecule has 0 aliphatic carbocycles. The third kappa shape index (κ3) is 3.25. The number of hydrogen-bond acceptors (Lipinski definition) is 3. The van der Waals surface area contributed by atoms with Crippen molar-refractivity contribution in [2.24, 2.45) is 0 Å². The lowest BCUT2D eigenvalue weighted by Crippen LogP contribution is -2.12. The number of fused-ring (bicyclic) bond motifs is 1. The average Bonchev–Trinajstić information content (AvgIpc) is 2.91. The van der Waals surface area contributed by atoms with E-state index < -0.39 is 0 Å². The number of benzene rings is 2. The molecule has 0 bridgehead atoms. The van der Waals surface area contributed by atoms with Gasteiger partial charge in [-0.05, 0) is 36.8 Å². The molecule has 112 valence electrons. The second kappa shape index (κ2) is 6.30. The number of carbonyl (C=O) groups is 1. The molecule has 5 heteroatoms. The van der Waals surface area contributed by atoms with Crippen LogP contribution in [0.5, 0.6) is 0 Å². The molecular formula is C17H18N4O. The molecule has 5 nitrogen and oxygen atoms in total. The molecule has 0 atom stereocenters. The lowest BCUT2D eigenvalue weighted by Gasteiger charge is -2.07. The lowest BCUT2D eigenvalue weighted by molar-refractivity contribution is -0.116. The van der Waals surface area contributed by atoms with Gasteiger partial charge in [-0.3, -0.25) is 4.79 Å². The monoisotopic (exact) mass is 294 g/mol. The van der Waals surface area contributed by atoms with Gasteiger partial charge < -0.3 is 15.6 Å². The van der Waals surface area contributed by atoms with E-state index in [2.05, 4.69) is 14.9 Å². The Kier molecular flexibility index (Phi) is 4.05. The van der Waals surface area contributed by atoms with E-state index in [4.69, 9.17) is 5.73 Å². The van der Waals surface area contributed by atoms with Crippen molar-refractivity contribution in [3.63, 3.8) is 0 Å². The molecule has 3 aromatic rings. The van der Waals surface area contributed by atoms with Gasteiger partial charge in [-0.2, -0.15) is 0 Å². The third-order valence-electron chi connectivity index (χ3n) is 3.50. The molecule has 0 radical (unpaired) electrons. The molecule has 2 aromatic carbocycles. The van der Waals surface area contributed by atoms with Crippen LogP contribution in [0.2, 0.25) is 0 Å². The van der Waals surface area contributed by atoms with Crippen LogP contribution in [-0.2, 0) is 11.3 Å². The third-order valence-corrected chi connectivity index (χ3v) is 3.50. The van der Waals surface area contributed by atoms with Gasteiger partial charge in [-0.15, -0.1) is 0 Å². The summed E-state index contributed by atoms with van der Waals surface area (Å²) in [5, 5.41) is 2.86. The van der Waals surface area contributed by atoms with E-state index in [-0.39, 0.29) is 5.91 Å². The number of aryl methyl sites for hydroxylation is 1. The number of hydrogen-bond donors (Lipinski definition) is 2. The Morgan fingerprint density at radius 2 is 2.05 bits per heavy atom. The molecule has 0 saturated heterocycles. The van der Waals surface area contributed by atoms with E-state index in [9.17, 15) is 4.79 Å². The number of nitrogens with one attached hydrogen (secondary N) is 1. The van der Waals surface area contributed by atoms with Gasteiger partial charge in [-0.25, -0.2) is 4.98 Å². The Hall–Kier alpha value is -2.82. The second-order valence-electron chi connectivity index (χ2n) is 5.20. The average molecular weight is 294 g/mol. The van der Waals surface area contributed by atoms with Crippen molar-refractivity contribution in [1.82, 2.24) is 9.55 Å². The molecular weight excluding hydrogens is 276 g/mol. The molecule has 3 N–H and O–H groups in total. The highest BCUT2D eigenvalue weighted by Gasteiger charge is 2.05. The van der Waals surface area contributed by atoms with Crippen LogP contribution in [0.25, 0.3) is 11.0 Å². The van der Waals surface area contributed by atoms with Crippen molar-refractivity contribution < 1.29 is 4.79 Å². The number of aromatic nitrogens is 2. The summed E-state index contributed by atoms with van der Waals surface area (Å²) in [7, 11) is 0. The van der Waals surface area contributed by atoms with Gasteiger partial charge >= 0.3 is 0 Å². The number of nitrogens with zero attached hydrogens (tertiary/aromatic N) is 2. The van der Waals surface area contributed by atoms with Crippen molar-refractivity contribution in [2.75, 3.05) is 11.1 Å². The zero-order valence-electron chi connectivity index (χ0n) is 12.2. The summed E-state index contributed by atoms with van der Waals surface area (Å²) in [5.74, 6) is -0.00461. The van der Waals surface area contributed by atoms with Gasteiger partial charge in [0.2, 0.25) is 5.91 Å². The zero-order valence-corrected chi connectivity index (χ0v) is 12.2. The fourth-order valence-electron chi connectivity index (χ4n) is 2.44. The van der Waals surface area contributed by atoms with Gasteiger partial charge in [0.1, 0.15) is 0 Å². The van der Waals surface area contributed by atoms with E-state index in [1.54, 1.807) is 12.1 Å². The number of amides is 1. The van der Waals surface area contributed by atoms with Crippen molar-refractivity contribution in [3.05, 3.63) is 54.9 Å². The minimum atomic E-state index is -0.00461. The summed E-state index contributed by atoms with van der Waals surface area (Å²) < 4.78 is 2.07. The summed E-state index contributed by atoms with van der Waals surface area (Å²) in [6.07, 6.45) is 3.04. The molecule has 0 unspecified atom stereocenters. The van der Waals surface area contributed by atoms with Gasteiger partial charge in [0.25, 0.3) is 0 Å². The number of imidazole rings is 1. The highest BCUT2D eigenvalue weighted by Crippen LogP contribution is 2.14. The standard InChI is InChI=1S/C17H18N4O/c18-13-5-3-6-14(11-13)20-17(22)9-4-10-21-12-19-15-7-1-2-8-16(15)21/h1-3,5-8,11-12H,4,9-10,18H2,(H,20,22). The Labute approximate surface area is 128 Å². The van der Waals surface area contributed by atoms with Crippen molar-refractivity contribution in [1.29, 1.82) is 0 Å². The number of para-hydroxylation sites is 2. The number of nitrogens with two attached hydrogens (primary N) is 1. The maximum Gasteiger partial charge on any atom is 0.224 e. The molecule has 0 fully saturated rings. The van der Waals surface area contributed by atoms with Gasteiger partial charge in [0.15, 0.2) is 0 Å². The van der Waals surface area contributed by atoms with Gasteiger partial charge in [-0.1, -0.05) is 18.2 Å². The van der Waals surface area contributed by atoms with Crippen LogP contribution in [0.3, 0.4) is 0 Å². The molecule has 0 spiro atoms. The summed E-state index contributed by atoms with van der Waals surface area (Å²) in [6, 6.07) is 15.2. The van der Waals surface area contributed by atoms with E-state index >= 15 is 0 Å². The number of nitrogen functional groups attached to an aromatic ring is 1. The summed E-state index contributed by atoms with van der Waals surface area (Å²) in [5.41, 5.74) is 9.14. The summed E-state index contributed by atoms with van der Waals surface area (Å²) in [4.78, 5) is 16.3. The Morgan fingerprint density at radius 3 is 2.91 bits per heavy atom. The van der Waals surface area contributed by atoms with Crippen LogP contribution >= 0.6 is 0 Å². The maximum atomic E-state index is 11.9. The van der Waals surface area contributed by atoms with E-state index in [0.29, 0.717) is 12.1 Å². The minimum Gasteiger partial charge on any atom is -0.399 e. The Balaban J connectivity index is 1.53. The highest BCUT2D eigenvalue weighted by atomic mass is 16.1. The van der Waals surface area contributed by atoms with Crippen LogP contribution in [0.1, 0.15) is 12.8 Å². The first kappa shape index (κ1) is 14.1. The van der Waals surface area contributed by atoms with Crippen molar-refractivity contribution >= 4 is 28.3 Å². The summed E-state index contributed by atoms with van der Waals surface area (Å²) >= 11 is 0. The normalized spacial score (nSPS) is 10.7. The van der Waals surface area contributed by atoms with Gasteiger partial charge in [0, 0.05) is 24.3 Å². The fraction of sp³-hybridized carbons (Fsp3) is 0.176. The number of carbonyl (C=O) groups excluding carboxylic acids is 1. The minimum absolute atomic E-state index is 0.00461. The van der Waals surface area contributed by atoms with Crippen molar-refractivity contribution in [3.8, 4) is 0 Å². The Morgan fingerprint density at radius 1 is 1.18 bits per heavy atom. The SMILES string of the molecule is Nc1cccc(NC(=O)CCCn2cnc3ccccc32)c1. The fourth-order valence-corrected chi connectivity index (χ4v) is 2.44. The Bertz CT molecular complexity index is 794. The first-order valence-electron chi connectivity index (χ1n) is 7.27. The van der Waals surface area contributed by atoms with E-state index in [0.717, 1.165) is 29.7 Å². The van der Waals surface area contributed by atoms with E-state index in [1.165, 1.54) is 0 Å². The van der Waals surface area contributed by atoms with Gasteiger partial charge in [0.05, 0.1) is 17.4 Å². The quantitative estimate of drug-likeness (QED) is 0.710. The number of rotatable bonds is 5. The predicted molar refractivity (Wildman–Crippen MR) is 88.5 cm³/mol. The summed E-state index contributed by atoms with van der Waals surface area (Å²) in [6.45, 7) is 0.769. The van der Waals surface area contributed by atoms with Crippen LogP contribution in [0.15, 0.2) is 54.9 Å². The second-order valence-corrected chi connectivity index (χ2v) is 5.20. The molecule has 3 rings (SSSR count). The number of anilines is 2. The maximum absolute atomic E-state index is 11.9. The largest absolute Gasteiger partial charge is 0.399 e. The molecule has 0 saturated carbocycles. The van der Waals surface area contributed by atoms with Crippen LogP contribution in [0.4, 0.5) is 11.4 Å². The first-order chi connectivity index (χ1) is 10.7. The molecule has 0 aliphatic rings. The zero-order chi connectivity index (χ0) is 15.4. The van der Waals surface area contributed by atoms with Crippen LogP contribution in [-0.4, -0.2) is 15.5 Å². The predicted octanol–water partition coefficient (Wildman–Crippen LogP) is 3.04. The smallest absolute Gasteiger partial charge is 0.224 e. The lowest BCUT2D eigenvalue weighted by atomic mass is 10.2. The topological polar surface area (TPSA) is 72.9 Å². The van der Waals surface area contributed by atoms with Crippen LogP contribution in [0, 0.1) is 0 Å². The van der Waals surface area contributed by atoms with Crippen LogP contribution < -0.4 is 11.1 Å². The highest BCUT2D eigenvalue weighted by molar-refractivity contribution is 5.91. The van der Waals surface area contributed by atoms with Crippen molar-refractivity contribution in [2.45, 2.75) is 19.4 Å². The molecule has 1 aromatic heterocycles. The molecule has 0 aliphatic heterocycles. The first-order valence-corrected chi connectivity index (χ1v) is 7.27. The molecule has 1 heterocycles.